The number of aromatic nitrogens is 1. The summed E-state index contributed by atoms with van der Waals surface area (Å²) in [7, 11) is 0. The number of carboxylic acid groups (broad SMARTS) is 1. The number of hydrogen-bond donors (Lipinski definition) is 1. The zero-order valence-corrected chi connectivity index (χ0v) is 6.73. The van der Waals surface area contributed by atoms with Crippen molar-refractivity contribution >= 4 is 5.97 Å². The predicted molar refractivity (Wildman–Crippen MR) is 45.5 cm³/mol. The van der Waals surface area contributed by atoms with Gasteiger partial charge in [0.15, 0.2) is 0 Å². The van der Waals surface area contributed by atoms with Crippen LogP contribution in [0.3, 0.4) is 0 Å². The SMILES string of the molecule is C#CCOc1ccc(C(=O)O)nc1. The summed E-state index contributed by atoms with van der Waals surface area (Å²) in [6, 6.07) is 2.86. The lowest BCUT2D eigenvalue weighted by Crippen LogP contribution is -2.00. The first kappa shape index (κ1) is 9.07. The Labute approximate surface area is 75.2 Å². The number of aromatic carboxylic acids is 1. The standard InChI is InChI=1S/C9H7NO3/c1-2-5-13-7-3-4-8(9(11)12)10-6-7/h1,3-4,6H,5H2,(H,11,12). The zero-order chi connectivity index (χ0) is 9.68. The van der Waals surface area contributed by atoms with E-state index in [1.165, 1.54) is 18.3 Å². The van der Waals surface area contributed by atoms with Crippen LogP contribution < -0.4 is 4.74 Å². The minimum atomic E-state index is -1.07. The van der Waals surface area contributed by atoms with Crippen molar-refractivity contribution in [1.82, 2.24) is 4.98 Å². The van der Waals surface area contributed by atoms with Gasteiger partial charge in [-0.3, -0.25) is 0 Å². The summed E-state index contributed by atoms with van der Waals surface area (Å²) in [5.74, 6) is 1.68. The summed E-state index contributed by atoms with van der Waals surface area (Å²) >= 11 is 0. The van der Waals surface area contributed by atoms with Crippen molar-refractivity contribution < 1.29 is 14.6 Å². The third-order valence-electron chi connectivity index (χ3n) is 1.28. The number of pyridine rings is 1. The van der Waals surface area contributed by atoms with Crippen LogP contribution in [0.1, 0.15) is 10.5 Å². The van der Waals surface area contributed by atoms with Crippen molar-refractivity contribution in [2.45, 2.75) is 0 Å². The van der Waals surface area contributed by atoms with Crippen LogP contribution in [-0.4, -0.2) is 22.7 Å². The minimum Gasteiger partial charge on any atom is -0.479 e. The summed E-state index contributed by atoms with van der Waals surface area (Å²) in [6.45, 7) is 0.147. The largest absolute Gasteiger partial charge is 0.479 e. The number of carboxylic acids is 1. The van der Waals surface area contributed by atoms with Crippen LogP contribution in [0.25, 0.3) is 0 Å². The lowest BCUT2D eigenvalue weighted by Gasteiger charge is -2.00. The van der Waals surface area contributed by atoms with Crippen LogP contribution in [0, 0.1) is 12.3 Å². The number of ether oxygens (including phenoxy) is 1. The summed E-state index contributed by atoms with van der Waals surface area (Å²) in [5, 5.41) is 8.52. The molecule has 1 rings (SSSR count). The minimum absolute atomic E-state index is 0.0203. The Hall–Kier alpha value is -2.02. The quantitative estimate of drug-likeness (QED) is 0.693. The molecule has 1 aromatic rings. The van der Waals surface area contributed by atoms with Crippen LogP contribution in [0.2, 0.25) is 0 Å². The van der Waals surface area contributed by atoms with E-state index < -0.39 is 5.97 Å². The van der Waals surface area contributed by atoms with Crippen molar-refractivity contribution in [3.8, 4) is 18.1 Å². The van der Waals surface area contributed by atoms with Gasteiger partial charge >= 0.3 is 5.97 Å². The summed E-state index contributed by atoms with van der Waals surface area (Å²) in [5.41, 5.74) is -0.0203. The fourth-order valence-electron chi connectivity index (χ4n) is 0.717. The fraction of sp³-hybridized carbons (Fsp3) is 0.111. The Morgan fingerprint density at radius 2 is 2.46 bits per heavy atom. The average molecular weight is 177 g/mol. The molecular weight excluding hydrogens is 170 g/mol. The zero-order valence-electron chi connectivity index (χ0n) is 6.73. The van der Waals surface area contributed by atoms with E-state index >= 15 is 0 Å². The van der Waals surface area contributed by atoms with Gasteiger partial charge in [0.1, 0.15) is 18.1 Å². The lowest BCUT2D eigenvalue weighted by atomic mass is 10.3. The molecular formula is C9H7NO3. The Bertz CT molecular complexity index is 337. The molecule has 1 N–H and O–H groups in total. The van der Waals surface area contributed by atoms with Crippen molar-refractivity contribution in [3.63, 3.8) is 0 Å². The summed E-state index contributed by atoms with van der Waals surface area (Å²) in [6.07, 6.45) is 6.29. The van der Waals surface area contributed by atoms with Crippen molar-refractivity contribution in [2.24, 2.45) is 0 Å². The smallest absolute Gasteiger partial charge is 0.354 e. The number of nitrogens with zero attached hydrogens (tertiary/aromatic N) is 1. The molecule has 13 heavy (non-hydrogen) atoms. The molecule has 0 radical (unpaired) electrons. The van der Waals surface area contributed by atoms with E-state index in [0.717, 1.165) is 0 Å². The van der Waals surface area contributed by atoms with E-state index in [4.69, 9.17) is 16.3 Å². The number of hydrogen-bond acceptors (Lipinski definition) is 3. The molecule has 0 aliphatic carbocycles. The van der Waals surface area contributed by atoms with E-state index in [1.54, 1.807) is 0 Å². The highest BCUT2D eigenvalue weighted by Gasteiger charge is 2.02. The third kappa shape index (κ3) is 2.49. The molecule has 1 heterocycles. The normalized spacial score (nSPS) is 8.85. The maximum atomic E-state index is 10.4. The maximum absolute atomic E-state index is 10.4. The van der Waals surface area contributed by atoms with Gasteiger partial charge in [-0.05, 0) is 12.1 Å². The molecule has 0 fully saturated rings. The first-order valence-electron chi connectivity index (χ1n) is 3.49. The Morgan fingerprint density at radius 1 is 1.69 bits per heavy atom. The Morgan fingerprint density at radius 3 is 2.92 bits per heavy atom. The van der Waals surface area contributed by atoms with Gasteiger partial charge < -0.3 is 9.84 Å². The predicted octanol–water partition coefficient (Wildman–Crippen LogP) is 0.792. The highest BCUT2D eigenvalue weighted by Crippen LogP contribution is 2.08. The van der Waals surface area contributed by atoms with Gasteiger partial charge in [-0.15, -0.1) is 6.42 Å². The molecule has 4 nitrogen and oxygen atoms in total. The van der Waals surface area contributed by atoms with Crippen LogP contribution in [-0.2, 0) is 0 Å². The molecule has 0 atom stereocenters. The van der Waals surface area contributed by atoms with Gasteiger partial charge in [-0.25, -0.2) is 9.78 Å². The monoisotopic (exact) mass is 177 g/mol. The van der Waals surface area contributed by atoms with E-state index in [2.05, 4.69) is 10.9 Å². The highest BCUT2D eigenvalue weighted by atomic mass is 16.5. The van der Waals surface area contributed by atoms with Crippen molar-refractivity contribution in [3.05, 3.63) is 24.0 Å². The molecule has 0 aliphatic rings. The fourth-order valence-corrected chi connectivity index (χ4v) is 0.717. The highest BCUT2D eigenvalue weighted by molar-refractivity contribution is 5.85. The van der Waals surface area contributed by atoms with Gasteiger partial charge in [-0.1, -0.05) is 5.92 Å². The van der Waals surface area contributed by atoms with E-state index in [1.807, 2.05) is 0 Å². The maximum Gasteiger partial charge on any atom is 0.354 e. The van der Waals surface area contributed by atoms with E-state index in [0.29, 0.717) is 5.75 Å². The second-order valence-electron chi connectivity index (χ2n) is 2.18. The molecule has 0 amide bonds. The van der Waals surface area contributed by atoms with Crippen molar-refractivity contribution in [1.29, 1.82) is 0 Å². The molecule has 0 saturated carbocycles. The van der Waals surface area contributed by atoms with Gasteiger partial charge in [-0.2, -0.15) is 0 Å². The lowest BCUT2D eigenvalue weighted by molar-refractivity contribution is 0.0690. The second kappa shape index (κ2) is 4.12. The van der Waals surface area contributed by atoms with Crippen molar-refractivity contribution in [2.75, 3.05) is 6.61 Å². The topological polar surface area (TPSA) is 59.4 Å². The Balaban J connectivity index is 2.71. The van der Waals surface area contributed by atoms with Crippen LogP contribution in [0.4, 0.5) is 0 Å². The average Bonchev–Trinajstić information content (AvgIpc) is 2.15. The molecule has 0 aliphatic heterocycles. The molecule has 0 unspecified atom stereocenters. The van der Waals surface area contributed by atoms with Gasteiger partial charge in [0, 0.05) is 0 Å². The molecule has 0 spiro atoms. The second-order valence-corrected chi connectivity index (χ2v) is 2.18. The van der Waals surface area contributed by atoms with Crippen LogP contribution >= 0.6 is 0 Å². The summed E-state index contributed by atoms with van der Waals surface area (Å²) in [4.78, 5) is 14.0. The van der Waals surface area contributed by atoms with Gasteiger partial charge in [0.05, 0.1) is 6.20 Å². The molecule has 0 aromatic carbocycles. The number of carbonyl (C=O) groups is 1. The van der Waals surface area contributed by atoms with E-state index in [-0.39, 0.29) is 12.3 Å². The molecule has 0 bridgehead atoms. The van der Waals surface area contributed by atoms with Gasteiger partial charge in [0.25, 0.3) is 0 Å². The third-order valence-corrected chi connectivity index (χ3v) is 1.28. The molecule has 4 heteroatoms. The van der Waals surface area contributed by atoms with Gasteiger partial charge in [0.2, 0.25) is 0 Å². The first-order valence-corrected chi connectivity index (χ1v) is 3.49. The van der Waals surface area contributed by atoms with Crippen LogP contribution in [0.5, 0.6) is 5.75 Å². The molecule has 66 valence electrons. The molecule has 0 saturated heterocycles. The first-order chi connectivity index (χ1) is 6.24. The van der Waals surface area contributed by atoms with E-state index in [9.17, 15) is 4.79 Å². The Kier molecular flexibility index (Phi) is 2.87. The number of rotatable bonds is 3. The number of terminal acetylenes is 1. The van der Waals surface area contributed by atoms with Crippen LogP contribution in [0.15, 0.2) is 18.3 Å². The molecule has 1 aromatic heterocycles. The summed E-state index contributed by atoms with van der Waals surface area (Å²) < 4.78 is 5.00.